The van der Waals surface area contributed by atoms with Gasteiger partial charge >= 0.3 is 6.18 Å². The second-order valence-corrected chi connectivity index (χ2v) is 8.27. The number of alkyl halides is 3. The quantitative estimate of drug-likeness (QED) is 0.683. The Morgan fingerprint density at radius 2 is 1.81 bits per heavy atom. The monoisotopic (exact) mass is 387 g/mol. The number of hydrogen-bond donors (Lipinski definition) is 0. The summed E-state index contributed by atoms with van der Waals surface area (Å²) in [6, 6.07) is 0.182. The van der Waals surface area contributed by atoms with Crippen molar-refractivity contribution >= 4 is 17.2 Å². The van der Waals surface area contributed by atoms with Gasteiger partial charge in [-0.05, 0) is 64.0 Å². The number of rotatable bonds is 4. The molecule has 1 unspecified atom stereocenters. The molecule has 2 rings (SSSR count). The number of hydrogen-bond acceptors (Lipinski definition) is 4. The highest BCUT2D eigenvalue weighted by atomic mass is 32.1. The molecule has 0 saturated carbocycles. The van der Waals surface area contributed by atoms with E-state index in [1.807, 2.05) is 18.9 Å². The molecular formula is C19H28F3N3S. The van der Waals surface area contributed by atoms with Crippen LogP contribution in [0.5, 0.6) is 0 Å². The van der Waals surface area contributed by atoms with E-state index in [9.17, 15) is 13.2 Å². The van der Waals surface area contributed by atoms with E-state index in [0.29, 0.717) is 10.8 Å². The minimum atomic E-state index is -4.33. The van der Waals surface area contributed by atoms with Gasteiger partial charge < -0.3 is 4.90 Å². The van der Waals surface area contributed by atoms with Crippen molar-refractivity contribution < 1.29 is 13.2 Å². The van der Waals surface area contributed by atoms with E-state index >= 15 is 0 Å². The Morgan fingerprint density at radius 1 is 1.15 bits per heavy atom. The smallest absolute Gasteiger partial charge is 0.357 e. The fourth-order valence-electron chi connectivity index (χ4n) is 3.22. The lowest BCUT2D eigenvalue weighted by Gasteiger charge is -2.27. The molecule has 0 N–H and O–H groups in total. The van der Waals surface area contributed by atoms with Gasteiger partial charge in [-0.1, -0.05) is 6.92 Å². The van der Waals surface area contributed by atoms with Crippen LogP contribution in [0.2, 0.25) is 0 Å². The molecule has 26 heavy (non-hydrogen) atoms. The van der Waals surface area contributed by atoms with Crippen LogP contribution in [0.25, 0.3) is 0 Å². The third-order valence-corrected chi connectivity index (χ3v) is 6.03. The number of nitrogens with zero attached hydrogens (tertiary/aromatic N) is 3. The van der Waals surface area contributed by atoms with Crippen molar-refractivity contribution in [3.8, 4) is 0 Å². The van der Waals surface area contributed by atoms with Gasteiger partial charge in [0, 0.05) is 18.0 Å². The molecular weight excluding hydrogens is 359 g/mol. The first-order valence-electron chi connectivity index (χ1n) is 9.16. The number of anilines is 1. The summed E-state index contributed by atoms with van der Waals surface area (Å²) in [4.78, 5) is 11.9. The summed E-state index contributed by atoms with van der Waals surface area (Å²) in [5.41, 5.74) is 2.22. The highest BCUT2D eigenvalue weighted by molar-refractivity contribution is 7.11. The molecule has 0 saturated heterocycles. The standard InChI is InChI=1S/C19H28F3N3S/c1-6-12(2)25(5)18-13(3)15-9-7-8-10-16(15)26-14(4)23-17(24-18)11-19(20,21)22/h12H,6-11H2,1-5H3. The van der Waals surface area contributed by atoms with Crippen molar-refractivity contribution in [3.05, 3.63) is 26.8 Å². The first kappa shape index (κ1) is 20.9. The average molecular weight is 388 g/mol. The van der Waals surface area contributed by atoms with Crippen LogP contribution in [-0.2, 0) is 19.3 Å². The van der Waals surface area contributed by atoms with E-state index in [4.69, 9.17) is 0 Å². The third kappa shape index (κ3) is 5.32. The Morgan fingerprint density at radius 3 is 2.42 bits per heavy atom. The number of aromatic nitrogens is 2. The van der Waals surface area contributed by atoms with Gasteiger partial charge in [-0.2, -0.15) is 13.2 Å². The molecule has 146 valence electrons. The van der Waals surface area contributed by atoms with Crippen LogP contribution in [0.4, 0.5) is 19.0 Å². The fourth-order valence-corrected chi connectivity index (χ4v) is 4.35. The van der Waals surface area contributed by atoms with E-state index in [0.717, 1.165) is 37.7 Å². The van der Waals surface area contributed by atoms with Crippen LogP contribution in [-0.4, -0.2) is 29.2 Å². The molecule has 1 aromatic rings. The zero-order valence-corrected chi connectivity index (χ0v) is 17.0. The molecule has 3 nitrogen and oxygen atoms in total. The van der Waals surface area contributed by atoms with Gasteiger partial charge in [0.2, 0.25) is 0 Å². The van der Waals surface area contributed by atoms with Crippen molar-refractivity contribution in [2.75, 3.05) is 11.9 Å². The molecule has 0 fully saturated rings. The van der Waals surface area contributed by atoms with Crippen molar-refractivity contribution in [1.82, 2.24) is 9.97 Å². The minimum Gasteiger partial charge on any atom is -0.357 e. The molecule has 1 heterocycles. The minimum absolute atomic E-state index is 0.160. The Kier molecular flexibility index (Phi) is 6.88. The second-order valence-electron chi connectivity index (χ2n) is 6.98. The lowest BCUT2D eigenvalue weighted by molar-refractivity contribution is -0.128. The van der Waals surface area contributed by atoms with Gasteiger partial charge in [-0.25, -0.2) is 9.97 Å². The number of aryl methyl sites for hydroxylation is 2. The summed E-state index contributed by atoms with van der Waals surface area (Å²) in [5.74, 6) is 0.457. The molecule has 0 spiro atoms. The summed E-state index contributed by atoms with van der Waals surface area (Å²) in [7, 11) is 1.91. The molecule has 0 aliphatic heterocycles. The Bertz CT molecular complexity index is 696. The lowest BCUT2D eigenvalue weighted by atomic mass is 9.95. The zero-order chi connectivity index (χ0) is 19.5. The highest BCUT2D eigenvalue weighted by Crippen LogP contribution is 2.31. The van der Waals surface area contributed by atoms with Crippen LogP contribution in [0.15, 0.2) is 0 Å². The molecule has 1 aromatic heterocycles. The van der Waals surface area contributed by atoms with Crippen molar-refractivity contribution in [3.63, 3.8) is 0 Å². The SMILES string of the molecule is CCC(C)N(C)c1nc(CC(F)(F)F)nc(C)sc2c(c1C)CCCC2. The third-order valence-electron chi connectivity index (χ3n) is 4.94. The normalized spacial score (nSPS) is 15.2. The fraction of sp³-hybridized carbons (Fsp3) is 0.684. The van der Waals surface area contributed by atoms with Gasteiger partial charge in [0.25, 0.3) is 0 Å². The predicted molar refractivity (Wildman–Crippen MR) is 102 cm³/mol. The van der Waals surface area contributed by atoms with Gasteiger partial charge in [-0.15, -0.1) is 11.3 Å². The van der Waals surface area contributed by atoms with E-state index in [2.05, 4.69) is 23.8 Å². The van der Waals surface area contributed by atoms with Crippen LogP contribution in [0.1, 0.15) is 59.9 Å². The maximum atomic E-state index is 13.1. The summed E-state index contributed by atoms with van der Waals surface area (Å²) >= 11 is 1.51. The molecule has 0 bridgehead atoms. The molecule has 7 heteroatoms. The van der Waals surface area contributed by atoms with Crippen molar-refractivity contribution in [2.45, 2.75) is 78.4 Å². The maximum absolute atomic E-state index is 13.1. The largest absolute Gasteiger partial charge is 0.396 e. The first-order valence-corrected chi connectivity index (χ1v) is 9.97. The Labute approximate surface area is 158 Å². The molecule has 0 amide bonds. The van der Waals surface area contributed by atoms with E-state index in [1.54, 1.807) is 6.92 Å². The number of fused-ring (bicyclic) bond motifs is 1. The van der Waals surface area contributed by atoms with Gasteiger partial charge in [0.15, 0.2) is 0 Å². The summed E-state index contributed by atoms with van der Waals surface area (Å²) in [6.45, 7) is 7.89. The molecule has 0 radical (unpaired) electrons. The van der Waals surface area contributed by atoms with Crippen LogP contribution in [0, 0.1) is 13.8 Å². The van der Waals surface area contributed by atoms with E-state index in [-0.39, 0.29) is 11.9 Å². The van der Waals surface area contributed by atoms with E-state index < -0.39 is 12.6 Å². The number of halogens is 3. The lowest BCUT2D eigenvalue weighted by Crippen LogP contribution is -2.30. The second kappa shape index (κ2) is 8.55. The van der Waals surface area contributed by atoms with Gasteiger partial charge in [0.1, 0.15) is 18.1 Å². The molecule has 1 aliphatic carbocycles. The molecule has 1 aliphatic rings. The van der Waals surface area contributed by atoms with Crippen LogP contribution >= 0.6 is 11.3 Å². The van der Waals surface area contributed by atoms with Crippen molar-refractivity contribution in [2.24, 2.45) is 0 Å². The summed E-state index contributed by atoms with van der Waals surface area (Å²) in [5, 5.41) is 0.627. The van der Waals surface area contributed by atoms with Crippen LogP contribution < -0.4 is 4.90 Å². The zero-order valence-electron chi connectivity index (χ0n) is 16.2. The Hall–Kier alpha value is -1.37. The maximum Gasteiger partial charge on any atom is 0.396 e. The van der Waals surface area contributed by atoms with Crippen LogP contribution in [0.3, 0.4) is 0 Å². The highest BCUT2D eigenvalue weighted by Gasteiger charge is 2.30. The van der Waals surface area contributed by atoms with Crippen molar-refractivity contribution in [1.29, 1.82) is 0 Å². The molecule has 0 aromatic carbocycles. The predicted octanol–water partition coefficient (Wildman–Crippen LogP) is 5.50. The molecule has 1 atom stereocenters. The first-order chi connectivity index (χ1) is 12.1. The Balaban J connectivity index is 2.78. The topological polar surface area (TPSA) is 29.0 Å². The van der Waals surface area contributed by atoms with E-state index in [1.165, 1.54) is 21.8 Å². The summed E-state index contributed by atoms with van der Waals surface area (Å²) < 4.78 is 39.2. The van der Waals surface area contributed by atoms with Gasteiger partial charge in [0.05, 0.1) is 5.01 Å². The van der Waals surface area contributed by atoms with Gasteiger partial charge in [-0.3, -0.25) is 0 Å². The average Bonchev–Trinajstić information content (AvgIpc) is 2.60. The summed E-state index contributed by atoms with van der Waals surface area (Å²) in [6.07, 6.45) is -0.433.